The summed E-state index contributed by atoms with van der Waals surface area (Å²) >= 11 is 0. The van der Waals surface area contributed by atoms with Crippen LogP contribution in [0, 0.1) is 10.1 Å². The lowest BCUT2D eigenvalue weighted by atomic mass is 10.0. The molecule has 0 heterocycles. The number of hydrogen-bond acceptors (Lipinski definition) is 4. The van der Waals surface area contributed by atoms with E-state index in [1.54, 1.807) is 12.1 Å². The van der Waals surface area contributed by atoms with Gasteiger partial charge in [-0.15, -0.1) is 0 Å². The first-order chi connectivity index (χ1) is 15.1. The minimum atomic E-state index is -0.452. The molecule has 6 nitrogen and oxygen atoms in total. The van der Waals surface area contributed by atoms with Gasteiger partial charge in [0, 0.05) is 24.1 Å². The largest absolute Gasteiger partial charge is 0.273 e. The Morgan fingerprint density at radius 1 is 0.903 bits per heavy atom. The summed E-state index contributed by atoms with van der Waals surface area (Å²) in [5.74, 6) is -0.114. The molecule has 0 saturated carbocycles. The van der Waals surface area contributed by atoms with Gasteiger partial charge in [-0.25, -0.2) is 5.43 Å². The molecule has 0 unspecified atom stereocenters. The average molecular weight is 432 g/mol. The van der Waals surface area contributed by atoms with Gasteiger partial charge in [-0.05, 0) is 6.42 Å². The van der Waals surface area contributed by atoms with E-state index in [1.807, 2.05) is 0 Å². The smallest absolute Gasteiger partial charge is 0.270 e. The Morgan fingerprint density at radius 2 is 1.42 bits per heavy atom. The molecule has 0 fully saturated rings. The first-order valence-corrected chi connectivity index (χ1v) is 12.2. The molecule has 0 atom stereocenters. The summed E-state index contributed by atoms with van der Waals surface area (Å²) < 4.78 is 0. The van der Waals surface area contributed by atoms with Gasteiger partial charge in [-0.2, -0.15) is 5.10 Å². The molecule has 31 heavy (non-hydrogen) atoms. The summed E-state index contributed by atoms with van der Waals surface area (Å²) in [6, 6.07) is 6.14. The Morgan fingerprint density at radius 3 is 1.94 bits per heavy atom. The van der Waals surface area contributed by atoms with Crippen LogP contribution in [0.25, 0.3) is 0 Å². The molecule has 0 aliphatic carbocycles. The highest BCUT2D eigenvalue weighted by Gasteiger charge is 2.04. The zero-order valence-electron chi connectivity index (χ0n) is 19.3. The Kier molecular flexibility index (Phi) is 16.0. The molecular formula is C25H41N3O3. The highest BCUT2D eigenvalue weighted by molar-refractivity contribution is 5.83. The lowest BCUT2D eigenvalue weighted by Crippen LogP contribution is -2.16. The van der Waals surface area contributed by atoms with Gasteiger partial charge in [0.15, 0.2) is 0 Å². The van der Waals surface area contributed by atoms with Gasteiger partial charge in [0.05, 0.1) is 11.1 Å². The van der Waals surface area contributed by atoms with Crippen molar-refractivity contribution >= 4 is 17.8 Å². The Balaban J connectivity index is 1.91. The molecule has 1 amide bonds. The van der Waals surface area contributed by atoms with Crippen LogP contribution in [0.15, 0.2) is 29.4 Å². The van der Waals surface area contributed by atoms with Gasteiger partial charge >= 0.3 is 0 Å². The molecule has 0 saturated heterocycles. The summed E-state index contributed by atoms with van der Waals surface area (Å²) in [5.41, 5.74) is 3.08. The Labute approximate surface area is 188 Å². The average Bonchev–Trinajstić information content (AvgIpc) is 2.76. The molecule has 1 aromatic carbocycles. The Hall–Kier alpha value is -2.24. The predicted molar refractivity (Wildman–Crippen MR) is 128 cm³/mol. The molecule has 0 aromatic heterocycles. The molecule has 1 N–H and O–H groups in total. The fourth-order valence-electron chi connectivity index (χ4n) is 3.61. The third-order valence-corrected chi connectivity index (χ3v) is 5.49. The lowest BCUT2D eigenvalue weighted by molar-refractivity contribution is -0.384. The van der Waals surface area contributed by atoms with Crippen molar-refractivity contribution in [2.45, 2.75) is 110 Å². The number of nitrogens with one attached hydrogen (secondary N) is 1. The van der Waals surface area contributed by atoms with Crippen LogP contribution >= 0.6 is 0 Å². The molecule has 1 aromatic rings. The maximum absolute atomic E-state index is 11.8. The maximum atomic E-state index is 11.8. The molecule has 0 bridgehead atoms. The van der Waals surface area contributed by atoms with E-state index < -0.39 is 4.92 Å². The molecule has 174 valence electrons. The molecule has 0 aliphatic heterocycles. The molecule has 0 spiro atoms. The zero-order valence-corrected chi connectivity index (χ0v) is 19.3. The number of non-ortho nitro benzene ring substituents is 1. The normalized spacial score (nSPS) is 11.1. The van der Waals surface area contributed by atoms with E-state index in [4.69, 9.17) is 0 Å². The van der Waals surface area contributed by atoms with Crippen molar-refractivity contribution in [2.24, 2.45) is 5.10 Å². The second kappa shape index (κ2) is 18.5. The third-order valence-electron chi connectivity index (χ3n) is 5.49. The fourth-order valence-corrected chi connectivity index (χ4v) is 3.61. The summed E-state index contributed by atoms with van der Waals surface area (Å²) in [7, 11) is 0. The minimum absolute atomic E-state index is 0.00748. The van der Waals surface area contributed by atoms with E-state index in [2.05, 4.69) is 17.5 Å². The number of amides is 1. The van der Waals surface area contributed by atoms with Crippen molar-refractivity contribution in [3.05, 3.63) is 39.9 Å². The number of nitro groups is 1. The fraction of sp³-hybridized carbons (Fsp3) is 0.680. The summed E-state index contributed by atoms with van der Waals surface area (Å²) in [5, 5.41) is 14.6. The second-order valence-electron chi connectivity index (χ2n) is 8.35. The molecule has 0 aliphatic rings. The first kappa shape index (κ1) is 26.8. The standard InChI is InChI=1S/C25H41N3O3/c1-2-3-4-5-6-7-8-9-10-11-12-13-14-15-16-20-25(29)27-26-22-23-18-17-19-24(21-23)28(30)31/h17-19,21-22H,2-16,20H2,1H3,(H,27,29)/b26-22-. The number of carbonyl (C=O) groups excluding carboxylic acids is 1. The highest BCUT2D eigenvalue weighted by atomic mass is 16.6. The van der Waals surface area contributed by atoms with Crippen LogP contribution in [0.1, 0.15) is 115 Å². The van der Waals surface area contributed by atoms with E-state index >= 15 is 0 Å². The number of rotatable bonds is 19. The van der Waals surface area contributed by atoms with Crippen LogP contribution < -0.4 is 5.43 Å². The van der Waals surface area contributed by atoms with Gasteiger partial charge in [0.25, 0.3) is 5.69 Å². The maximum Gasteiger partial charge on any atom is 0.270 e. The molecule has 1 rings (SSSR count). The highest BCUT2D eigenvalue weighted by Crippen LogP contribution is 2.14. The van der Waals surface area contributed by atoms with Crippen LogP contribution in [0.5, 0.6) is 0 Å². The Bertz CT molecular complexity index is 647. The lowest BCUT2D eigenvalue weighted by Gasteiger charge is -2.03. The summed E-state index contributed by atoms with van der Waals surface area (Å²) in [4.78, 5) is 22.1. The molecular weight excluding hydrogens is 390 g/mol. The number of carbonyl (C=O) groups is 1. The van der Waals surface area contributed by atoms with E-state index in [1.165, 1.54) is 102 Å². The monoisotopic (exact) mass is 431 g/mol. The summed E-state index contributed by atoms with van der Waals surface area (Å²) in [6.45, 7) is 2.26. The zero-order chi connectivity index (χ0) is 22.6. The van der Waals surface area contributed by atoms with Gasteiger partial charge in [-0.3, -0.25) is 14.9 Å². The van der Waals surface area contributed by atoms with Crippen molar-refractivity contribution in [1.82, 2.24) is 5.43 Å². The van der Waals surface area contributed by atoms with Crippen molar-refractivity contribution in [3.63, 3.8) is 0 Å². The van der Waals surface area contributed by atoms with Crippen molar-refractivity contribution in [3.8, 4) is 0 Å². The van der Waals surface area contributed by atoms with E-state index in [-0.39, 0.29) is 11.6 Å². The molecule has 6 heteroatoms. The van der Waals surface area contributed by atoms with Crippen LogP contribution in [0.4, 0.5) is 5.69 Å². The number of hydrogen-bond donors (Lipinski definition) is 1. The number of hydrazone groups is 1. The van der Waals surface area contributed by atoms with Crippen LogP contribution in [0.2, 0.25) is 0 Å². The van der Waals surface area contributed by atoms with Gasteiger partial charge in [0.2, 0.25) is 5.91 Å². The van der Waals surface area contributed by atoms with Crippen LogP contribution in [-0.4, -0.2) is 17.0 Å². The quantitative estimate of drug-likeness (QED) is 0.108. The van der Waals surface area contributed by atoms with E-state index in [0.717, 1.165) is 12.8 Å². The SMILES string of the molecule is CCCCCCCCCCCCCCCCCC(=O)N/N=C\c1cccc([N+](=O)[O-])c1. The third kappa shape index (κ3) is 15.2. The van der Waals surface area contributed by atoms with Gasteiger partial charge in [-0.1, -0.05) is 109 Å². The molecule has 0 radical (unpaired) electrons. The van der Waals surface area contributed by atoms with E-state index in [0.29, 0.717) is 12.0 Å². The topological polar surface area (TPSA) is 84.6 Å². The number of nitrogens with zero attached hydrogens (tertiary/aromatic N) is 2. The predicted octanol–water partition coefficient (Wildman–Crippen LogP) is 7.31. The van der Waals surface area contributed by atoms with Gasteiger partial charge < -0.3 is 0 Å². The minimum Gasteiger partial charge on any atom is -0.273 e. The second-order valence-corrected chi connectivity index (χ2v) is 8.35. The van der Waals surface area contributed by atoms with Crippen LogP contribution in [-0.2, 0) is 4.79 Å². The van der Waals surface area contributed by atoms with E-state index in [9.17, 15) is 14.9 Å². The van der Waals surface area contributed by atoms with Crippen LogP contribution in [0.3, 0.4) is 0 Å². The van der Waals surface area contributed by atoms with Crippen molar-refractivity contribution in [1.29, 1.82) is 0 Å². The van der Waals surface area contributed by atoms with Crippen molar-refractivity contribution < 1.29 is 9.72 Å². The number of benzene rings is 1. The van der Waals surface area contributed by atoms with Crippen molar-refractivity contribution in [2.75, 3.05) is 0 Å². The van der Waals surface area contributed by atoms with Gasteiger partial charge in [0.1, 0.15) is 0 Å². The summed E-state index contributed by atoms with van der Waals surface area (Å²) in [6.07, 6.45) is 21.4. The first-order valence-electron chi connectivity index (χ1n) is 12.2. The number of nitro benzene ring substituents is 1. The number of unbranched alkanes of at least 4 members (excludes halogenated alkanes) is 14.